The standard InChI is InChI=1S/C17H28NO/c1-4-6-15-19-16(3)11-12-17-10-8-7-9-14-18(17)13-5-2/h7-10,14H,4-6,11-13,15H2,1-3H3. The van der Waals surface area contributed by atoms with Crippen LogP contribution >= 0.6 is 0 Å². The molecule has 19 heavy (non-hydrogen) atoms. The first-order valence-corrected chi connectivity index (χ1v) is 7.53. The van der Waals surface area contributed by atoms with Crippen LogP contribution in [0, 0.1) is 6.10 Å². The maximum Gasteiger partial charge on any atom is 0.0943 e. The lowest BCUT2D eigenvalue weighted by Crippen LogP contribution is -2.18. The molecule has 0 N–H and O–H groups in total. The largest absolute Gasteiger partial charge is 0.372 e. The minimum absolute atomic E-state index is 0.861. The number of rotatable bonds is 9. The fourth-order valence-electron chi connectivity index (χ4n) is 2.03. The third-order valence-electron chi connectivity index (χ3n) is 3.19. The fourth-order valence-corrected chi connectivity index (χ4v) is 2.03. The summed E-state index contributed by atoms with van der Waals surface area (Å²) < 4.78 is 5.73. The molecule has 0 spiro atoms. The van der Waals surface area contributed by atoms with Crippen LogP contribution in [0.1, 0.15) is 52.9 Å². The summed E-state index contributed by atoms with van der Waals surface area (Å²) in [7, 11) is 0. The third-order valence-corrected chi connectivity index (χ3v) is 3.19. The Labute approximate surface area is 118 Å². The molecule has 2 heteroatoms. The first kappa shape index (κ1) is 16.0. The lowest BCUT2D eigenvalue weighted by molar-refractivity contribution is 0.137. The van der Waals surface area contributed by atoms with Gasteiger partial charge in [0, 0.05) is 25.0 Å². The smallest absolute Gasteiger partial charge is 0.0943 e. The van der Waals surface area contributed by atoms with Crippen molar-refractivity contribution in [1.82, 2.24) is 4.90 Å². The molecule has 0 aromatic rings. The number of unbranched alkanes of at least 4 members (excludes halogenated alkanes) is 1. The molecule has 0 aliphatic carbocycles. The van der Waals surface area contributed by atoms with Crippen LogP contribution in [-0.2, 0) is 4.74 Å². The number of hydrogen-bond donors (Lipinski definition) is 0. The van der Waals surface area contributed by atoms with E-state index in [1.54, 1.807) is 0 Å². The molecule has 107 valence electrons. The van der Waals surface area contributed by atoms with E-state index in [1.165, 1.54) is 12.1 Å². The highest BCUT2D eigenvalue weighted by atomic mass is 16.5. The first-order valence-electron chi connectivity index (χ1n) is 7.53. The molecule has 0 atom stereocenters. The second-order valence-corrected chi connectivity index (χ2v) is 4.98. The Kier molecular flexibility index (Phi) is 8.31. The SMILES string of the molecule is CCCCO[C](C)CCC1=CC=CC=CN1CCC. The Bertz CT molecular complexity index is 317. The molecule has 0 amide bonds. The summed E-state index contributed by atoms with van der Waals surface area (Å²) in [6.45, 7) is 8.45. The normalized spacial score (nSPS) is 14.9. The van der Waals surface area contributed by atoms with Crippen LogP contribution in [0.5, 0.6) is 0 Å². The molecule has 0 aromatic carbocycles. The van der Waals surface area contributed by atoms with Crippen molar-refractivity contribution in [2.24, 2.45) is 0 Å². The molecule has 1 radical (unpaired) electrons. The van der Waals surface area contributed by atoms with Crippen molar-refractivity contribution in [1.29, 1.82) is 0 Å². The summed E-state index contributed by atoms with van der Waals surface area (Å²) in [6.07, 6.45) is 17.4. The maximum atomic E-state index is 5.73. The van der Waals surface area contributed by atoms with Gasteiger partial charge in [-0.25, -0.2) is 0 Å². The molecule has 0 saturated heterocycles. The van der Waals surface area contributed by atoms with Crippen molar-refractivity contribution < 1.29 is 4.74 Å². The van der Waals surface area contributed by atoms with Crippen LogP contribution in [0.3, 0.4) is 0 Å². The van der Waals surface area contributed by atoms with Crippen molar-refractivity contribution in [2.75, 3.05) is 13.2 Å². The summed E-state index contributed by atoms with van der Waals surface area (Å²) in [5.41, 5.74) is 1.38. The lowest BCUT2D eigenvalue weighted by Gasteiger charge is -2.23. The molecule has 0 saturated carbocycles. The van der Waals surface area contributed by atoms with E-state index in [1.807, 2.05) is 0 Å². The van der Waals surface area contributed by atoms with Gasteiger partial charge in [0.2, 0.25) is 0 Å². The van der Waals surface area contributed by atoms with Crippen LogP contribution in [0.4, 0.5) is 0 Å². The average molecular weight is 262 g/mol. The van der Waals surface area contributed by atoms with E-state index in [2.05, 4.69) is 56.2 Å². The predicted octanol–water partition coefficient (Wildman–Crippen LogP) is 4.81. The van der Waals surface area contributed by atoms with Gasteiger partial charge < -0.3 is 9.64 Å². The molecule has 1 rings (SSSR count). The average Bonchev–Trinajstić information content (AvgIpc) is 2.63. The Hall–Kier alpha value is -1.02. The van der Waals surface area contributed by atoms with Gasteiger partial charge in [0.05, 0.1) is 6.10 Å². The van der Waals surface area contributed by atoms with Gasteiger partial charge in [-0.2, -0.15) is 0 Å². The molecule has 2 nitrogen and oxygen atoms in total. The third kappa shape index (κ3) is 6.63. The van der Waals surface area contributed by atoms with Crippen LogP contribution in [0.25, 0.3) is 0 Å². The zero-order chi connectivity index (χ0) is 13.9. The van der Waals surface area contributed by atoms with Crippen LogP contribution < -0.4 is 0 Å². The summed E-state index contributed by atoms with van der Waals surface area (Å²) in [4.78, 5) is 2.35. The van der Waals surface area contributed by atoms with Crippen molar-refractivity contribution in [3.05, 3.63) is 42.3 Å². The second-order valence-electron chi connectivity index (χ2n) is 4.98. The van der Waals surface area contributed by atoms with Gasteiger partial charge in [-0.1, -0.05) is 32.4 Å². The highest BCUT2D eigenvalue weighted by molar-refractivity contribution is 5.22. The number of allylic oxidation sites excluding steroid dienone is 5. The highest BCUT2D eigenvalue weighted by Crippen LogP contribution is 2.20. The van der Waals surface area contributed by atoms with Crippen molar-refractivity contribution >= 4 is 0 Å². The molecule has 0 aromatic heterocycles. The van der Waals surface area contributed by atoms with Crippen LogP contribution in [-0.4, -0.2) is 18.1 Å². The molecule has 1 heterocycles. The Morgan fingerprint density at radius 1 is 1.16 bits per heavy atom. The number of ether oxygens (including phenoxy) is 1. The molecule has 0 fully saturated rings. The van der Waals surface area contributed by atoms with Gasteiger partial charge in [0.15, 0.2) is 0 Å². The minimum Gasteiger partial charge on any atom is -0.372 e. The molecule has 1 aliphatic rings. The predicted molar refractivity (Wildman–Crippen MR) is 82.4 cm³/mol. The van der Waals surface area contributed by atoms with E-state index in [9.17, 15) is 0 Å². The van der Waals surface area contributed by atoms with Gasteiger partial charge in [-0.3, -0.25) is 0 Å². The molecule has 0 bridgehead atoms. The zero-order valence-electron chi connectivity index (χ0n) is 12.7. The summed E-state index contributed by atoms with van der Waals surface area (Å²) in [5, 5.41) is 0. The molecular weight excluding hydrogens is 234 g/mol. The first-order chi connectivity index (χ1) is 9.27. The lowest BCUT2D eigenvalue weighted by atomic mass is 10.1. The van der Waals surface area contributed by atoms with E-state index < -0.39 is 0 Å². The summed E-state index contributed by atoms with van der Waals surface area (Å²) >= 11 is 0. The molecule has 0 unspecified atom stereocenters. The van der Waals surface area contributed by atoms with Gasteiger partial charge in [-0.05, 0) is 44.8 Å². The zero-order valence-corrected chi connectivity index (χ0v) is 12.7. The second kappa shape index (κ2) is 9.85. The van der Waals surface area contributed by atoms with Gasteiger partial charge in [0.1, 0.15) is 0 Å². The van der Waals surface area contributed by atoms with Crippen molar-refractivity contribution in [3.8, 4) is 0 Å². The highest BCUT2D eigenvalue weighted by Gasteiger charge is 2.10. The quantitative estimate of drug-likeness (QED) is 0.553. The van der Waals surface area contributed by atoms with E-state index in [0.717, 1.165) is 44.9 Å². The van der Waals surface area contributed by atoms with Crippen LogP contribution in [0.15, 0.2) is 36.2 Å². The Balaban J connectivity index is 2.38. The van der Waals surface area contributed by atoms with Gasteiger partial charge >= 0.3 is 0 Å². The van der Waals surface area contributed by atoms with Crippen LogP contribution in [0.2, 0.25) is 0 Å². The summed E-state index contributed by atoms with van der Waals surface area (Å²) in [6, 6.07) is 0. The van der Waals surface area contributed by atoms with Gasteiger partial charge in [0.25, 0.3) is 0 Å². The minimum atomic E-state index is 0.861. The maximum absolute atomic E-state index is 5.73. The van der Waals surface area contributed by atoms with E-state index in [0.29, 0.717) is 0 Å². The molecule has 1 aliphatic heterocycles. The Morgan fingerprint density at radius 3 is 2.74 bits per heavy atom. The van der Waals surface area contributed by atoms with Crippen molar-refractivity contribution in [2.45, 2.75) is 52.9 Å². The summed E-state index contributed by atoms with van der Waals surface area (Å²) in [5.74, 6) is 0. The van der Waals surface area contributed by atoms with Crippen molar-refractivity contribution in [3.63, 3.8) is 0 Å². The molecular formula is C17H28NO. The topological polar surface area (TPSA) is 12.5 Å². The Morgan fingerprint density at radius 2 is 2.00 bits per heavy atom. The fraction of sp³-hybridized carbons (Fsp3) is 0.588. The van der Waals surface area contributed by atoms with Gasteiger partial charge in [-0.15, -0.1) is 0 Å². The van der Waals surface area contributed by atoms with E-state index in [-0.39, 0.29) is 0 Å². The monoisotopic (exact) mass is 262 g/mol. The van der Waals surface area contributed by atoms with E-state index >= 15 is 0 Å². The van der Waals surface area contributed by atoms with E-state index in [4.69, 9.17) is 4.74 Å². The number of hydrogen-bond acceptors (Lipinski definition) is 2. The number of nitrogens with zero attached hydrogens (tertiary/aromatic N) is 1.